The van der Waals surface area contributed by atoms with Gasteiger partial charge >= 0.3 is 0 Å². The Morgan fingerprint density at radius 2 is 2.04 bits per heavy atom. The van der Waals surface area contributed by atoms with E-state index in [1.54, 1.807) is 5.51 Å². The molecule has 0 saturated carbocycles. The summed E-state index contributed by atoms with van der Waals surface area (Å²) < 4.78 is 5.87. The molecular weight excluding hydrogens is 358 g/mol. The minimum atomic E-state index is 0.0234. The molecular formula is C21H29N3O2S. The van der Waals surface area contributed by atoms with E-state index in [0.29, 0.717) is 0 Å². The van der Waals surface area contributed by atoms with Crippen molar-refractivity contribution in [2.24, 2.45) is 0 Å². The number of likely N-dealkylation sites (tertiary alicyclic amines) is 1. The van der Waals surface area contributed by atoms with Crippen molar-refractivity contribution >= 4 is 17.2 Å². The molecule has 1 aliphatic rings. The first-order valence-corrected chi connectivity index (χ1v) is 10.5. The Morgan fingerprint density at radius 1 is 1.26 bits per heavy atom. The van der Waals surface area contributed by atoms with Crippen molar-refractivity contribution in [3.05, 3.63) is 45.4 Å². The van der Waals surface area contributed by atoms with E-state index in [2.05, 4.69) is 41.2 Å². The van der Waals surface area contributed by atoms with Crippen LogP contribution in [0.4, 0.5) is 0 Å². The Hall–Kier alpha value is -1.92. The summed E-state index contributed by atoms with van der Waals surface area (Å²) in [5.41, 5.74) is 5.11. The van der Waals surface area contributed by atoms with Crippen molar-refractivity contribution in [3.63, 3.8) is 0 Å². The topological polar surface area (TPSA) is 54.5 Å². The fourth-order valence-corrected chi connectivity index (χ4v) is 4.06. The number of carbonyl (C=O) groups excluding carboxylic acids is 1. The third-order valence-corrected chi connectivity index (χ3v) is 6.17. The van der Waals surface area contributed by atoms with Crippen LogP contribution in [0.2, 0.25) is 0 Å². The van der Waals surface area contributed by atoms with E-state index in [1.165, 1.54) is 22.5 Å². The molecule has 1 aliphatic heterocycles. The minimum absolute atomic E-state index is 0.0234. The maximum atomic E-state index is 12.3. The van der Waals surface area contributed by atoms with E-state index in [4.69, 9.17) is 4.74 Å². The molecule has 1 N–H and O–H groups in total. The Labute approximate surface area is 165 Å². The Balaban J connectivity index is 1.33. The molecule has 2 heterocycles. The number of benzene rings is 1. The smallest absolute Gasteiger partial charge is 0.263 e. The third-order valence-electron chi connectivity index (χ3n) is 5.24. The molecule has 2 aromatic rings. The van der Waals surface area contributed by atoms with Crippen LogP contribution in [0.15, 0.2) is 23.7 Å². The summed E-state index contributed by atoms with van der Waals surface area (Å²) in [6, 6.07) is 6.52. The van der Waals surface area contributed by atoms with Crippen LogP contribution in [0, 0.1) is 20.8 Å². The molecule has 146 valence electrons. The van der Waals surface area contributed by atoms with Gasteiger partial charge in [0.15, 0.2) is 0 Å². The number of nitrogens with zero attached hydrogens (tertiary/aromatic N) is 2. The number of aromatic nitrogens is 1. The first kappa shape index (κ1) is 19.8. The molecule has 0 aliphatic carbocycles. The van der Waals surface area contributed by atoms with E-state index in [9.17, 15) is 4.79 Å². The maximum Gasteiger partial charge on any atom is 0.263 e. The average molecular weight is 388 g/mol. The van der Waals surface area contributed by atoms with Gasteiger partial charge in [-0.3, -0.25) is 4.79 Å². The number of ether oxygens (including phenoxy) is 1. The third kappa shape index (κ3) is 5.53. The number of rotatable bonds is 7. The molecule has 0 unspecified atom stereocenters. The van der Waals surface area contributed by atoms with E-state index >= 15 is 0 Å². The number of hydrogen-bond donors (Lipinski definition) is 1. The summed E-state index contributed by atoms with van der Waals surface area (Å²) in [5, 5.41) is 3.16. The highest BCUT2D eigenvalue weighted by Crippen LogP contribution is 2.17. The van der Waals surface area contributed by atoms with Crippen LogP contribution in [0.5, 0.6) is 5.75 Å². The zero-order chi connectivity index (χ0) is 19.2. The summed E-state index contributed by atoms with van der Waals surface area (Å²) in [7, 11) is 0. The van der Waals surface area contributed by atoms with E-state index in [-0.39, 0.29) is 11.9 Å². The van der Waals surface area contributed by atoms with Gasteiger partial charge < -0.3 is 15.0 Å². The van der Waals surface area contributed by atoms with Gasteiger partial charge in [0, 0.05) is 25.7 Å². The maximum absolute atomic E-state index is 12.3. The number of aryl methyl sites for hydroxylation is 3. The summed E-state index contributed by atoms with van der Waals surface area (Å²) in [5.74, 6) is 0.980. The summed E-state index contributed by atoms with van der Waals surface area (Å²) in [6.45, 7) is 9.94. The number of hydrogen-bond acceptors (Lipinski definition) is 5. The standard InChI is InChI=1S/C21H29N3O2S/c1-15-5-6-19(13-16(15)2)26-12-4-9-24-10-7-18(8-11-24)23-21(25)20-17(3)22-14-27-20/h5-6,13-14,18H,4,7-12H2,1-3H3,(H,23,25). The molecule has 0 bridgehead atoms. The summed E-state index contributed by atoms with van der Waals surface area (Å²) in [6.07, 6.45) is 3.02. The van der Waals surface area contributed by atoms with Crippen LogP contribution < -0.4 is 10.1 Å². The van der Waals surface area contributed by atoms with Crippen molar-refractivity contribution in [3.8, 4) is 5.75 Å². The predicted molar refractivity (Wildman–Crippen MR) is 110 cm³/mol. The molecule has 0 radical (unpaired) electrons. The minimum Gasteiger partial charge on any atom is -0.494 e. The van der Waals surface area contributed by atoms with Gasteiger partial charge in [-0.05, 0) is 63.3 Å². The van der Waals surface area contributed by atoms with Gasteiger partial charge in [0.2, 0.25) is 0 Å². The lowest BCUT2D eigenvalue weighted by Gasteiger charge is -2.32. The van der Waals surface area contributed by atoms with Gasteiger partial charge in [0.05, 0.1) is 17.8 Å². The Bertz CT molecular complexity index is 767. The second-order valence-electron chi connectivity index (χ2n) is 7.30. The van der Waals surface area contributed by atoms with E-state index in [1.807, 2.05) is 13.0 Å². The van der Waals surface area contributed by atoms with Crippen molar-refractivity contribution < 1.29 is 9.53 Å². The molecule has 1 amide bonds. The van der Waals surface area contributed by atoms with Crippen LogP contribution >= 0.6 is 11.3 Å². The lowest BCUT2D eigenvalue weighted by Crippen LogP contribution is -2.45. The van der Waals surface area contributed by atoms with Gasteiger partial charge in [-0.1, -0.05) is 6.07 Å². The zero-order valence-electron chi connectivity index (χ0n) is 16.5. The Kier molecular flexibility index (Phi) is 6.85. The first-order valence-electron chi connectivity index (χ1n) is 9.66. The number of carbonyl (C=O) groups is 1. The second kappa shape index (κ2) is 9.33. The van der Waals surface area contributed by atoms with Crippen molar-refractivity contribution in [1.29, 1.82) is 0 Å². The van der Waals surface area contributed by atoms with Gasteiger partial charge in [0.1, 0.15) is 10.6 Å². The monoisotopic (exact) mass is 387 g/mol. The van der Waals surface area contributed by atoms with Gasteiger partial charge in [-0.15, -0.1) is 11.3 Å². The fourth-order valence-electron chi connectivity index (χ4n) is 3.35. The quantitative estimate of drug-likeness (QED) is 0.736. The summed E-state index contributed by atoms with van der Waals surface area (Å²) >= 11 is 1.41. The number of amides is 1. The molecule has 6 heteroatoms. The van der Waals surface area contributed by atoms with Gasteiger partial charge in [-0.25, -0.2) is 4.98 Å². The van der Waals surface area contributed by atoms with Crippen LogP contribution in [0.1, 0.15) is 45.8 Å². The van der Waals surface area contributed by atoms with Crippen molar-refractivity contribution in [2.75, 3.05) is 26.2 Å². The van der Waals surface area contributed by atoms with Crippen molar-refractivity contribution in [1.82, 2.24) is 15.2 Å². The second-order valence-corrected chi connectivity index (χ2v) is 8.16. The number of thiazole rings is 1. The van der Waals surface area contributed by atoms with Gasteiger partial charge in [-0.2, -0.15) is 0 Å². The highest BCUT2D eigenvalue weighted by Gasteiger charge is 2.22. The molecule has 1 saturated heterocycles. The lowest BCUT2D eigenvalue weighted by atomic mass is 10.0. The Morgan fingerprint density at radius 3 is 2.70 bits per heavy atom. The van der Waals surface area contributed by atoms with E-state index < -0.39 is 0 Å². The van der Waals surface area contributed by atoms with Crippen molar-refractivity contribution in [2.45, 2.75) is 46.1 Å². The predicted octanol–water partition coefficient (Wildman–Crippen LogP) is 3.73. The van der Waals surface area contributed by atoms with Crippen LogP contribution in [0.25, 0.3) is 0 Å². The average Bonchev–Trinajstić information content (AvgIpc) is 3.09. The molecule has 0 atom stereocenters. The molecule has 0 spiro atoms. The molecule has 5 nitrogen and oxygen atoms in total. The van der Waals surface area contributed by atoms with Crippen LogP contribution in [0.3, 0.4) is 0 Å². The molecule has 27 heavy (non-hydrogen) atoms. The molecule has 1 aromatic carbocycles. The fraction of sp³-hybridized carbons (Fsp3) is 0.524. The zero-order valence-corrected chi connectivity index (χ0v) is 17.3. The van der Waals surface area contributed by atoms with E-state index in [0.717, 1.165) is 61.8 Å². The number of piperidine rings is 1. The highest BCUT2D eigenvalue weighted by molar-refractivity contribution is 7.11. The molecule has 1 fully saturated rings. The van der Waals surface area contributed by atoms with Crippen LogP contribution in [-0.4, -0.2) is 48.1 Å². The molecule has 3 rings (SSSR count). The lowest BCUT2D eigenvalue weighted by molar-refractivity contribution is 0.0913. The normalized spacial score (nSPS) is 15.7. The number of nitrogens with one attached hydrogen (secondary N) is 1. The largest absolute Gasteiger partial charge is 0.494 e. The highest BCUT2D eigenvalue weighted by atomic mass is 32.1. The summed E-state index contributed by atoms with van der Waals surface area (Å²) in [4.78, 5) is 19.6. The first-order chi connectivity index (χ1) is 13.0. The SMILES string of the molecule is Cc1ccc(OCCCN2CCC(NC(=O)c3scnc3C)CC2)cc1C. The van der Waals surface area contributed by atoms with Gasteiger partial charge in [0.25, 0.3) is 5.91 Å². The van der Waals surface area contributed by atoms with Crippen LogP contribution in [-0.2, 0) is 0 Å². The molecule has 1 aromatic heterocycles.